The second-order valence-corrected chi connectivity index (χ2v) is 8.00. The average Bonchev–Trinajstić information content (AvgIpc) is 2.63. The van der Waals surface area contributed by atoms with Crippen molar-refractivity contribution in [3.05, 3.63) is 16.1 Å². The van der Waals surface area contributed by atoms with Crippen LogP contribution in [0.2, 0.25) is 0 Å². The molecule has 0 aliphatic rings. The van der Waals surface area contributed by atoms with Crippen LogP contribution in [0, 0.1) is 0 Å². The van der Waals surface area contributed by atoms with Gasteiger partial charge in [0.2, 0.25) is 10.0 Å². The van der Waals surface area contributed by atoms with Crippen LogP contribution in [0.3, 0.4) is 0 Å². The molecule has 1 aromatic heterocycles. The Labute approximate surface area is 113 Å². The van der Waals surface area contributed by atoms with E-state index in [9.17, 15) is 8.42 Å². The molecule has 0 amide bonds. The summed E-state index contributed by atoms with van der Waals surface area (Å²) < 4.78 is 24.1. The van der Waals surface area contributed by atoms with Crippen LogP contribution < -0.4 is 10.0 Å². The molecule has 0 aliphatic heterocycles. The molecular formula is C11H21N3O2S2. The fraction of sp³-hybridized carbons (Fsp3) is 0.727. The first-order valence-corrected chi connectivity index (χ1v) is 8.56. The van der Waals surface area contributed by atoms with Gasteiger partial charge in [0, 0.05) is 30.4 Å². The highest BCUT2D eigenvalue weighted by molar-refractivity contribution is 7.88. The predicted octanol–water partition coefficient (Wildman–Crippen LogP) is 1.08. The number of sulfonamides is 1. The Balaban J connectivity index is 2.30. The second-order valence-electron chi connectivity index (χ2n) is 5.22. The number of rotatable bonds is 6. The maximum absolute atomic E-state index is 10.8. The van der Waals surface area contributed by atoms with E-state index >= 15 is 0 Å². The molecule has 18 heavy (non-hydrogen) atoms. The van der Waals surface area contributed by atoms with E-state index in [0.29, 0.717) is 19.6 Å². The number of nitrogens with one attached hydrogen (secondary N) is 2. The van der Waals surface area contributed by atoms with E-state index in [2.05, 4.69) is 41.2 Å². The normalized spacial score (nSPS) is 12.9. The molecule has 0 atom stereocenters. The summed E-state index contributed by atoms with van der Waals surface area (Å²) in [6.07, 6.45) is 1.16. The van der Waals surface area contributed by atoms with Gasteiger partial charge in [0.1, 0.15) is 5.01 Å². The Kier molecular flexibility index (Phi) is 5.27. The molecule has 0 saturated carbocycles. The zero-order valence-corrected chi connectivity index (χ0v) is 12.9. The summed E-state index contributed by atoms with van der Waals surface area (Å²) in [5, 5.41) is 6.26. The number of hydrogen-bond donors (Lipinski definition) is 2. The zero-order chi connectivity index (χ0) is 13.8. The highest BCUT2D eigenvalue weighted by Gasteiger charge is 2.16. The molecular weight excluding hydrogens is 270 g/mol. The first kappa shape index (κ1) is 15.6. The van der Waals surface area contributed by atoms with Crippen molar-refractivity contribution in [2.45, 2.75) is 32.7 Å². The Hall–Kier alpha value is -0.500. The molecule has 1 aromatic rings. The number of hydrogen-bond acceptors (Lipinski definition) is 5. The summed E-state index contributed by atoms with van der Waals surface area (Å²) in [7, 11) is -3.09. The van der Waals surface area contributed by atoms with Gasteiger partial charge >= 0.3 is 0 Å². The van der Waals surface area contributed by atoms with Crippen LogP contribution in [0.4, 0.5) is 0 Å². The summed E-state index contributed by atoms with van der Waals surface area (Å²) in [6, 6.07) is 0. The van der Waals surface area contributed by atoms with Crippen LogP contribution in [0.5, 0.6) is 0 Å². The SMILES string of the molecule is CC(C)(C)c1csc(CNCCNS(C)(=O)=O)n1. The van der Waals surface area contributed by atoms with Crippen molar-refractivity contribution >= 4 is 21.4 Å². The van der Waals surface area contributed by atoms with Gasteiger partial charge in [0.15, 0.2) is 0 Å². The molecule has 2 N–H and O–H groups in total. The molecule has 0 radical (unpaired) electrons. The molecule has 1 heterocycles. The summed E-state index contributed by atoms with van der Waals surface area (Å²) >= 11 is 1.63. The van der Waals surface area contributed by atoms with E-state index < -0.39 is 10.0 Å². The molecule has 0 spiro atoms. The maximum Gasteiger partial charge on any atom is 0.208 e. The van der Waals surface area contributed by atoms with Gasteiger partial charge in [0.05, 0.1) is 11.9 Å². The van der Waals surface area contributed by atoms with E-state index in [-0.39, 0.29) is 5.41 Å². The minimum atomic E-state index is -3.09. The monoisotopic (exact) mass is 291 g/mol. The van der Waals surface area contributed by atoms with Crippen molar-refractivity contribution in [2.75, 3.05) is 19.3 Å². The summed E-state index contributed by atoms with van der Waals surface area (Å²) in [4.78, 5) is 4.55. The highest BCUT2D eigenvalue weighted by Crippen LogP contribution is 2.23. The first-order chi connectivity index (χ1) is 8.18. The van der Waals surface area contributed by atoms with Crippen molar-refractivity contribution in [1.82, 2.24) is 15.0 Å². The molecule has 5 nitrogen and oxygen atoms in total. The van der Waals surface area contributed by atoms with E-state index in [4.69, 9.17) is 0 Å². The van der Waals surface area contributed by atoms with Gasteiger partial charge in [-0.1, -0.05) is 20.8 Å². The molecule has 7 heteroatoms. The fourth-order valence-corrected chi connectivity index (χ4v) is 2.72. The van der Waals surface area contributed by atoms with Crippen LogP contribution >= 0.6 is 11.3 Å². The van der Waals surface area contributed by atoms with Crippen LogP contribution in [0.15, 0.2) is 5.38 Å². The van der Waals surface area contributed by atoms with Gasteiger partial charge in [-0.25, -0.2) is 18.1 Å². The van der Waals surface area contributed by atoms with E-state index in [0.717, 1.165) is 17.0 Å². The molecule has 0 unspecified atom stereocenters. The Morgan fingerprint density at radius 1 is 1.33 bits per heavy atom. The molecule has 0 saturated heterocycles. The quantitative estimate of drug-likeness (QED) is 0.769. The Bertz CT molecular complexity index is 475. The molecule has 0 fully saturated rings. The highest BCUT2D eigenvalue weighted by atomic mass is 32.2. The van der Waals surface area contributed by atoms with E-state index in [1.54, 1.807) is 11.3 Å². The van der Waals surface area contributed by atoms with E-state index in [1.807, 2.05) is 0 Å². The Morgan fingerprint density at radius 3 is 2.50 bits per heavy atom. The minimum absolute atomic E-state index is 0.0760. The lowest BCUT2D eigenvalue weighted by molar-refractivity contribution is 0.566. The van der Waals surface area contributed by atoms with Crippen LogP contribution in [-0.4, -0.2) is 32.7 Å². The molecule has 0 aromatic carbocycles. The molecule has 1 rings (SSSR count). The molecule has 0 bridgehead atoms. The van der Waals surface area contributed by atoms with Gasteiger partial charge in [-0.2, -0.15) is 0 Å². The lowest BCUT2D eigenvalue weighted by atomic mass is 9.93. The average molecular weight is 291 g/mol. The standard InChI is InChI=1S/C11H21N3O2S2/c1-11(2,3)9-8-17-10(14-9)7-12-5-6-13-18(4,15)16/h8,12-13H,5-7H2,1-4H3. The topological polar surface area (TPSA) is 71.1 Å². The van der Waals surface area contributed by atoms with E-state index in [1.165, 1.54) is 0 Å². The van der Waals surface area contributed by atoms with Gasteiger partial charge in [-0.05, 0) is 0 Å². The third-order valence-corrected chi connectivity index (χ3v) is 3.84. The van der Waals surface area contributed by atoms with Crippen LogP contribution in [-0.2, 0) is 22.0 Å². The fourth-order valence-electron chi connectivity index (χ4n) is 1.26. The van der Waals surface area contributed by atoms with Crippen molar-refractivity contribution in [3.8, 4) is 0 Å². The number of thiazole rings is 1. The summed E-state index contributed by atoms with van der Waals surface area (Å²) in [5.41, 5.74) is 1.17. The van der Waals surface area contributed by atoms with Gasteiger partial charge in [-0.15, -0.1) is 11.3 Å². The van der Waals surface area contributed by atoms with Crippen molar-refractivity contribution in [1.29, 1.82) is 0 Å². The zero-order valence-electron chi connectivity index (χ0n) is 11.3. The lowest BCUT2D eigenvalue weighted by Crippen LogP contribution is -2.30. The lowest BCUT2D eigenvalue weighted by Gasteiger charge is -2.14. The van der Waals surface area contributed by atoms with Crippen molar-refractivity contribution in [2.24, 2.45) is 0 Å². The first-order valence-electron chi connectivity index (χ1n) is 5.79. The number of nitrogens with zero attached hydrogens (tertiary/aromatic N) is 1. The largest absolute Gasteiger partial charge is 0.309 e. The van der Waals surface area contributed by atoms with Crippen LogP contribution in [0.25, 0.3) is 0 Å². The Morgan fingerprint density at radius 2 is 2.00 bits per heavy atom. The second kappa shape index (κ2) is 6.10. The minimum Gasteiger partial charge on any atom is -0.309 e. The smallest absolute Gasteiger partial charge is 0.208 e. The third-order valence-electron chi connectivity index (χ3n) is 2.26. The summed E-state index contributed by atoms with van der Waals surface area (Å²) in [6.45, 7) is 8.07. The van der Waals surface area contributed by atoms with Crippen molar-refractivity contribution in [3.63, 3.8) is 0 Å². The molecule has 0 aliphatic carbocycles. The third kappa shape index (κ3) is 5.90. The predicted molar refractivity (Wildman–Crippen MR) is 75.4 cm³/mol. The molecule has 104 valence electrons. The van der Waals surface area contributed by atoms with Gasteiger partial charge < -0.3 is 5.32 Å². The van der Waals surface area contributed by atoms with Crippen LogP contribution in [0.1, 0.15) is 31.5 Å². The van der Waals surface area contributed by atoms with Crippen molar-refractivity contribution < 1.29 is 8.42 Å². The van der Waals surface area contributed by atoms with Gasteiger partial charge in [-0.3, -0.25) is 0 Å². The summed E-state index contributed by atoms with van der Waals surface area (Å²) in [5.74, 6) is 0. The maximum atomic E-state index is 10.8. The number of aromatic nitrogens is 1. The van der Waals surface area contributed by atoms with Gasteiger partial charge in [0.25, 0.3) is 0 Å².